The van der Waals surface area contributed by atoms with Crippen LogP contribution >= 0.6 is 31.9 Å². The molecule has 0 saturated carbocycles. The van der Waals surface area contributed by atoms with Crippen molar-refractivity contribution in [3.8, 4) is 0 Å². The Labute approximate surface area is 70.5 Å². The Morgan fingerprint density at radius 3 is 2.11 bits per heavy atom. The lowest BCUT2D eigenvalue weighted by molar-refractivity contribution is 0.845. The van der Waals surface area contributed by atoms with E-state index in [1.54, 1.807) is 0 Å². The smallest absolute Gasteiger partial charge is 0.178 e. The van der Waals surface area contributed by atoms with Crippen molar-refractivity contribution in [2.45, 2.75) is 6.92 Å². The van der Waals surface area contributed by atoms with Crippen molar-refractivity contribution in [3.63, 3.8) is 0 Å². The zero-order valence-corrected chi connectivity index (χ0v) is 8.32. The molecule has 0 fully saturated rings. The number of aromatic nitrogens is 2. The van der Waals surface area contributed by atoms with E-state index in [-0.39, 0.29) is 0 Å². The van der Waals surface area contributed by atoms with E-state index >= 15 is 0 Å². The molecule has 1 aromatic heterocycles. The molecule has 0 aliphatic heterocycles. The zero-order chi connectivity index (χ0) is 7.02. The fourth-order valence-corrected chi connectivity index (χ4v) is 1.63. The molecule has 50 valence electrons. The Morgan fingerprint density at radius 1 is 1.44 bits per heavy atom. The molecular formula is C5H6Br2N2. The fraction of sp³-hybridized carbons (Fsp3) is 0.400. The normalized spacial score (nSPS) is 10.2. The second-order valence-electron chi connectivity index (χ2n) is 1.82. The molecule has 0 aliphatic carbocycles. The number of halogens is 2. The van der Waals surface area contributed by atoms with Crippen molar-refractivity contribution in [3.05, 3.63) is 15.0 Å². The van der Waals surface area contributed by atoms with Crippen LogP contribution in [0.4, 0.5) is 0 Å². The van der Waals surface area contributed by atoms with E-state index in [1.807, 2.05) is 18.5 Å². The highest BCUT2D eigenvalue weighted by Crippen LogP contribution is 2.18. The molecule has 0 bridgehead atoms. The molecule has 0 radical (unpaired) electrons. The molecule has 0 aliphatic rings. The van der Waals surface area contributed by atoms with Crippen LogP contribution in [-0.2, 0) is 7.05 Å². The minimum Gasteiger partial charge on any atom is -0.325 e. The van der Waals surface area contributed by atoms with Crippen LogP contribution in [0.3, 0.4) is 0 Å². The number of imidazole rings is 1. The first kappa shape index (κ1) is 7.28. The quantitative estimate of drug-likeness (QED) is 0.694. The van der Waals surface area contributed by atoms with Crippen molar-refractivity contribution < 1.29 is 0 Å². The lowest BCUT2D eigenvalue weighted by atomic mass is 10.5. The van der Waals surface area contributed by atoms with Crippen LogP contribution in [0.2, 0.25) is 0 Å². The first-order valence-electron chi connectivity index (χ1n) is 2.47. The van der Waals surface area contributed by atoms with Gasteiger partial charge in [0.1, 0.15) is 4.60 Å². The van der Waals surface area contributed by atoms with Crippen LogP contribution in [-0.4, -0.2) is 9.55 Å². The van der Waals surface area contributed by atoms with Gasteiger partial charge in [0.2, 0.25) is 0 Å². The molecule has 2 nitrogen and oxygen atoms in total. The van der Waals surface area contributed by atoms with Gasteiger partial charge in [0, 0.05) is 12.7 Å². The molecule has 0 N–H and O–H groups in total. The van der Waals surface area contributed by atoms with E-state index in [1.165, 1.54) is 0 Å². The van der Waals surface area contributed by atoms with Crippen LogP contribution in [0.15, 0.2) is 9.34 Å². The van der Waals surface area contributed by atoms with Gasteiger partial charge >= 0.3 is 0 Å². The molecule has 0 spiro atoms. The first-order chi connectivity index (χ1) is 4.13. The highest BCUT2D eigenvalue weighted by Gasteiger charge is 2.03. The Kier molecular flexibility index (Phi) is 1.96. The van der Waals surface area contributed by atoms with Gasteiger partial charge in [0.05, 0.1) is 0 Å². The van der Waals surface area contributed by atoms with Crippen LogP contribution in [0.25, 0.3) is 0 Å². The van der Waals surface area contributed by atoms with Gasteiger partial charge in [-0.15, -0.1) is 0 Å². The summed E-state index contributed by atoms with van der Waals surface area (Å²) in [5.74, 6) is 0. The summed E-state index contributed by atoms with van der Waals surface area (Å²) in [5.41, 5.74) is 1.13. The topological polar surface area (TPSA) is 17.8 Å². The number of hydrogen-bond acceptors (Lipinski definition) is 1. The maximum absolute atomic E-state index is 4.11. The molecule has 0 unspecified atom stereocenters. The highest BCUT2D eigenvalue weighted by atomic mass is 79.9. The summed E-state index contributed by atoms with van der Waals surface area (Å²) in [6.07, 6.45) is 0. The summed E-state index contributed by atoms with van der Waals surface area (Å²) in [6.45, 7) is 2.00. The lowest BCUT2D eigenvalue weighted by Gasteiger charge is -1.93. The molecular weight excluding hydrogens is 248 g/mol. The van der Waals surface area contributed by atoms with Gasteiger partial charge in [-0.2, -0.15) is 0 Å². The van der Waals surface area contributed by atoms with E-state index in [9.17, 15) is 0 Å². The van der Waals surface area contributed by atoms with Gasteiger partial charge < -0.3 is 4.57 Å². The monoisotopic (exact) mass is 252 g/mol. The van der Waals surface area contributed by atoms with Crippen LogP contribution < -0.4 is 0 Å². The number of rotatable bonds is 0. The van der Waals surface area contributed by atoms with Crippen molar-refractivity contribution in [1.29, 1.82) is 0 Å². The second-order valence-corrected chi connectivity index (χ2v) is 3.28. The molecule has 4 heteroatoms. The van der Waals surface area contributed by atoms with Crippen LogP contribution in [0.1, 0.15) is 5.69 Å². The lowest BCUT2D eigenvalue weighted by Crippen LogP contribution is -1.89. The molecule has 1 heterocycles. The third kappa shape index (κ3) is 1.19. The summed E-state index contributed by atoms with van der Waals surface area (Å²) in [5, 5.41) is 0. The highest BCUT2D eigenvalue weighted by molar-refractivity contribution is 9.11. The first-order valence-corrected chi connectivity index (χ1v) is 4.06. The second kappa shape index (κ2) is 2.42. The summed E-state index contributed by atoms with van der Waals surface area (Å²) >= 11 is 6.59. The third-order valence-corrected chi connectivity index (χ3v) is 2.73. The SMILES string of the molecule is Cc1c(Br)nc(Br)n1C. The minimum absolute atomic E-state index is 0.854. The Hall–Kier alpha value is 0.170. The average Bonchev–Trinajstić information content (AvgIpc) is 1.98. The summed E-state index contributed by atoms with van der Waals surface area (Å²) in [6, 6.07) is 0. The van der Waals surface area contributed by atoms with E-state index in [0.29, 0.717) is 0 Å². The molecule has 0 saturated heterocycles. The zero-order valence-electron chi connectivity index (χ0n) is 5.15. The minimum atomic E-state index is 0.854. The number of hydrogen-bond donors (Lipinski definition) is 0. The van der Waals surface area contributed by atoms with Crippen molar-refractivity contribution >= 4 is 31.9 Å². The Balaban J connectivity index is 3.29. The average molecular weight is 254 g/mol. The largest absolute Gasteiger partial charge is 0.325 e. The van der Waals surface area contributed by atoms with Gasteiger partial charge in [-0.05, 0) is 38.8 Å². The standard InChI is InChI=1S/C5H6Br2N2/c1-3-4(6)8-5(7)9(3)2/h1-2H3. The molecule has 0 amide bonds. The molecule has 0 aromatic carbocycles. The van der Waals surface area contributed by atoms with Crippen molar-refractivity contribution in [2.24, 2.45) is 7.05 Å². The fourth-order valence-electron chi connectivity index (χ4n) is 0.514. The van der Waals surface area contributed by atoms with Gasteiger partial charge in [-0.25, -0.2) is 4.98 Å². The third-order valence-electron chi connectivity index (χ3n) is 1.27. The summed E-state index contributed by atoms with van der Waals surface area (Å²) in [4.78, 5) is 4.11. The molecule has 1 aromatic rings. The van der Waals surface area contributed by atoms with E-state index in [0.717, 1.165) is 15.0 Å². The maximum Gasteiger partial charge on any atom is 0.178 e. The van der Waals surface area contributed by atoms with Gasteiger partial charge in [0.25, 0.3) is 0 Å². The van der Waals surface area contributed by atoms with Gasteiger partial charge in [-0.1, -0.05) is 0 Å². The summed E-state index contributed by atoms with van der Waals surface area (Å²) < 4.78 is 3.72. The van der Waals surface area contributed by atoms with E-state index in [2.05, 4.69) is 36.8 Å². The van der Waals surface area contributed by atoms with E-state index < -0.39 is 0 Å². The Bertz CT molecular complexity index is 207. The van der Waals surface area contributed by atoms with Crippen molar-refractivity contribution in [1.82, 2.24) is 9.55 Å². The molecule has 0 atom stereocenters. The maximum atomic E-state index is 4.11. The predicted molar refractivity (Wildman–Crippen MR) is 43.3 cm³/mol. The van der Waals surface area contributed by atoms with Gasteiger partial charge in [0.15, 0.2) is 4.73 Å². The molecule has 9 heavy (non-hydrogen) atoms. The van der Waals surface area contributed by atoms with Gasteiger partial charge in [-0.3, -0.25) is 0 Å². The van der Waals surface area contributed by atoms with Crippen LogP contribution in [0, 0.1) is 6.92 Å². The Morgan fingerprint density at radius 2 is 2.00 bits per heavy atom. The predicted octanol–water partition coefficient (Wildman–Crippen LogP) is 2.25. The molecule has 1 rings (SSSR count). The van der Waals surface area contributed by atoms with Crippen molar-refractivity contribution in [2.75, 3.05) is 0 Å². The summed E-state index contributed by atoms with van der Waals surface area (Å²) in [7, 11) is 1.96. The number of nitrogens with zero attached hydrogens (tertiary/aromatic N) is 2. The van der Waals surface area contributed by atoms with E-state index in [4.69, 9.17) is 0 Å². The van der Waals surface area contributed by atoms with Crippen LogP contribution in [0.5, 0.6) is 0 Å².